The van der Waals surface area contributed by atoms with Gasteiger partial charge in [-0.3, -0.25) is 4.79 Å². The summed E-state index contributed by atoms with van der Waals surface area (Å²) in [6, 6.07) is 14.3. The van der Waals surface area contributed by atoms with Crippen LogP contribution in [0.5, 0.6) is 0 Å². The van der Waals surface area contributed by atoms with Gasteiger partial charge in [-0.2, -0.15) is 0 Å². The molecular weight excluding hydrogens is 300 g/mol. The van der Waals surface area contributed by atoms with E-state index < -0.39 is 0 Å². The van der Waals surface area contributed by atoms with Crippen LogP contribution in [0.1, 0.15) is 50.2 Å². The summed E-state index contributed by atoms with van der Waals surface area (Å²) in [5, 5.41) is 11.3. The summed E-state index contributed by atoms with van der Waals surface area (Å²) in [5.74, 6) is 0.594. The van der Waals surface area contributed by atoms with Gasteiger partial charge in [0.15, 0.2) is 11.5 Å². The van der Waals surface area contributed by atoms with E-state index in [1.165, 1.54) is 5.56 Å². The van der Waals surface area contributed by atoms with Gasteiger partial charge in [-0.1, -0.05) is 37.3 Å². The molecule has 1 unspecified atom stereocenters. The van der Waals surface area contributed by atoms with Gasteiger partial charge in [-0.15, -0.1) is 10.2 Å². The van der Waals surface area contributed by atoms with Crippen LogP contribution >= 0.6 is 0 Å². The van der Waals surface area contributed by atoms with Gasteiger partial charge >= 0.3 is 0 Å². The zero-order chi connectivity index (χ0) is 17.5. The SMILES string of the molecule is CCC(C)NC(=O)c1ccc(N(Cc2ccccc2)C(C)C)nn1. The Morgan fingerprint density at radius 3 is 2.33 bits per heavy atom. The highest BCUT2D eigenvalue weighted by Crippen LogP contribution is 2.17. The van der Waals surface area contributed by atoms with Gasteiger partial charge in [0.2, 0.25) is 0 Å². The van der Waals surface area contributed by atoms with Crippen LogP contribution in [0.25, 0.3) is 0 Å². The molecule has 0 aliphatic rings. The second kappa shape index (κ2) is 8.43. The molecule has 0 radical (unpaired) electrons. The molecular formula is C19H26N4O. The van der Waals surface area contributed by atoms with Crippen LogP contribution in [0.2, 0.25) is 0 Å². The first-order valence-electron chi connectivity index (χ1n) is 8.46. The van der Waals surface area contributed by atoms with Gasteiger partial charge in [0.1, 0.15) is 0 Å². The quantitative estimate of drug-likeness (QED) is 0.847. The van der Waals surface area contributed by atoms with Crippen LogP contribution in [-0.4, -0.2) is 28.2 Å². The number of nitrogens with one attached hydrogen (secondary N) is 1. The van der Waals surface area contributed by atoms with Gasteiger partial charge < -0.3 is 10.2 Å². The van der Waals surface area contributed by atoms with Crippen molar-refractivity contribution in [3.63, 3.8) is 0 Å². The minimum Gasteiger partial charge on any atom is -0.348 e. The fourth-order valence-electron chi connectivity index (χ4n) is 2.31. The third-order valence-electron chi connectivity index (χ3n) is 3.99. The maximum atomic E-state index is 12.1. The summed E-state index contributed by atoms with van der Waals surface area (Å²) in [5.41, 5.74) is 1.56. The number of benzene rings is 1. The van der Waals surface area contributed by atoms with Crippen LogP contribution in [0.3, 0.4) is 0 Å². The van der Waals surface area contributed by atoms with Crippen LogP contribution in [-0.2, 0) is 6.54 Å². The molecule has 1 atom stereocenters. The van der Waals surface area contributed by atoms with Crippen molar-refractivity contribution in [3.05, 3.63) is 53.7 Å². The zero-order valence-electron chi connectivity index (χ0n) is 14.9. The van der Waals surface area contributed by atoms with E-state index in [1.807, 2.05) is 38.1 Å². The molecule has 1 heterocycles. The highest BCUT2D eigenvalue weighted by atomic mass is 16.2. The van der Waals surface area contributed by atoms with E-state index in [-0.39, 0.29) is 18.0 Å². The Labute approximate surface area is 144 Å². The molecule has 1 aromatic heterocycles. The highest BCUT2D eigenvalue weighted by molar-refractivity contribution is 5.92. The maximum absolute atomic E-state index is 12.1. The van der Waals surface area contributed by atoms with Gasteiger partial charge in [-0.05, 0) is 44.9 Å². The van der Waals surface area contributed by atoms with E-state index in [1.54, 1.807) is 6.07 Å². The Bertz CT molecular complexity index is 640. The lowest BCUT2D eigenvalue weighted by molar-refractivity contribution is 0.0933. The smallest absolute Gasteiger partial charge is 0.272 e. The summed E-state index contributed by atoms with van der Waals surface area (Å²) in [6.45, 7) is 9.00. The van der Waals surface area contributed by atoms with Crippen molar-refractivity contribution in [1.82, 2.24) is 15.5 Å². The van der Waals surface area contributed by atoms with E-state index in [4.69, 9.17) is 0 Å². The number of anilines is 1. The van der Waals surface area contributed by atoms with Crippen LogP contribution in [0, 0.1) is 0 Å². The molecule has 2 aromatic rings. The third-order valence-corrected chi connectivity index (χ3v) is 3.99. The van der Waals surface area contributed by atoms with Gasteiger partial charge in [-0.25, -0.2) is 0 Å². The van der Waals surface area contributed by atoms with Crippen molar-refractivity contribution in [2.75, 3.05) is 4.90 Å². The standard InChI is InChI=1S/C19H26N4O/c1-5-15(4)20-19(24)17-11-12-18(22-21-17)23(14(2)3)13-16-9-7-6-8-10-16/h6-12,14-15H,5,13H2,1-4H3,(H,20,24). The predicted octanol–water partition coefficient (Wildman–Crippen LogP) is 3.42. The van der Waals surface area contributed by atoms with Crippen molar-refractivity contribution >= 4 is 11.7 Å². The van der Waals surface area contributed by atoms with E-state index in [9.17, 15) is 4.79 Å². The number of carbonyl (C=O) groups is 1. The lowest BCUT2D eigenvalue weighted by atomic mass is 10.2. The largest absolute Gasteiger partial charge is 0.348 e. The van der Waals surface area contributed by atoms with Crippen molar-refractivity contribution in [2.24, 2.45) is 0 Å². The molecule has 24 heavy (non-hydrogen) atoms. The Morgan fingerprint density at radius 1 is 1.08 bits per heavy atom. The minimum absolute atomic E-state index is 0.129. The maximum Gasteiger partial charge on any atom is 0.272 e. The third kappa shape index (κ3) is 4.78. The average Bonchev–Trinajstić information content (AvgIpc) is 2.60. The second-order valence-electron chi connectivity index (χ2n) is 6.27. The summed E-state index contributed by atoms with van der Waals surface area (Å²) < 4.78 is 0. The van der Waals surface area contributed by atoms with Gasteiger partial charge in [0, 0.05) is 18.6 Å². The average molecular weight is 326 g/mol. The number of hydrogen-bond acceptors (Lipinski definition) is 4. The normalized spacial score (nSPS) is 12.0. The molecule has 0 aliphatic heterocycles. The summed E-state index contributed by atoms with van der Waals surface area (Å²) in [7, 11) is 0. The second-order valence-corrected chi connectivity index (χ2v) is 6.27. The summed E-state index contributed by atoms with van der Waals surface area (Å²) >= 11 is 0. The fraction of sp³-hybridized carbons (Fsp3) is 0.421. The Kier molecular flexibility index (Phi) is 6.29. The molecule has 1 N–H and O–H groups in total. The van der Waals surface area contributed by atoms with E-state index in [0.29, 0.717) is 5.69 Å². The Morgan fingerprint density at radius 2 is 1.79 bits per heavy atom. The molecule has 0 aliphatic carbocycles. The number of aromatic nitrogens is 2. The molecule has 0 fully saturated rings. The molecule has 5 nitrogen and oxygen atoms in total. The lowest BCUT2D eigenvalue weighted by Crippen LogP contribution is -2.33. The zero-order valence-corrected chi connectivity index (χ0v) is 14.9. The van der Waals surface area contributed by atoms with Crippen molar-refractivity contribution < 1.29 is 4.79 Å². The molecule has 0 saturated heterocycles. The summed E-state index contributed by atoms with van der Waals surface area (Å²) in [4.78, 5) is 14.3. The van der Waals surface area contributed by atoms with Crippen LogP contribution in [0.15, 0.2) is 42.5 Å². The van der Waals surface area contributed by atoms with Crippen molar-refractivity contribution in [2.45, 2.75) is 52.7 Å². The van der Waals surface area contributed by atoms with Gasteiger partial charge in [0.05, 0.1) is 0 Å². The Hall–Kier alpha value is -2.43. The number of amides is 1. The summed E-state index contributed by atoms with van der Waals surface area (Å²) in [6.07, 6.45) is 0.884. The molecule has 5 heteroatoms. The van der Waals surface area contributed by atoms with Gasteiger partial charge in [0.25, 0.3) is 5.91 Å². The molecule has 1 amide bonds. The topological polar surface area (TPSA) is 58.1 Å². The molecule has 0 spiro atoms. The number of nitrogens with zero attached hydrogens (tertiary/aromatic N) is 3. The number of rotatable bonds is 7. The highest BCUT2D eigenvalue weighted by Gasteiger charge is 2.15. The monoisotopic (exact) mass is 326 g/mol. The lowest BCUT2D eigenvalue weighted by Gasteiger charge is -2.27. The first-order valence-corrected chi connectivity index (χ1v) is 8.46. The van der Waals surface area contributed by atoms with Crippen molar-refractivity contribution in [1.29, 1.82) is 0 Å². The van der Waals surface area contributed by atoms with Crippen LogP contribution in [0.4, 0.5) is 5.82 Å². The molecule has 0 bridgehead atoms. The van der Waals surface area contributed by atoms with E-state index >= 15 is 0 Å². The minimum atomic E-state index is -0.178. The Balaban J connectivity index is 2.13. The molecule has 2 rings (SSSR count). The van der Waals surface area contributed by atoms with Crippen LogP contribution < -0.4 is 10.2 Å². The number of hydrogen-bond donors (Lipinski definition) is 1. The van der Waals surface area contributed by atoms with E-state index in [2.05, 4.69) is 46.4 Å². The molecule has 0 saturated carbocycles. The predicted molar refractivity (Wildman–Crippen MR) is 97.0 cm³/mol. The van der Waals surface area contributed by atoms with Crippen molar-refractivity contribution in [3.8, 4) is 0 Å². The number of carbonyl (C=O) groups excluding carboxylic acids is 1. The molecule has 1 aromatic carbocycles. The van der Waals surface area contributed by atoms with E-state index in [0.717, 1.165) is 18.8 Å². The molecule has 128 valence electrons. The fourth-order valence-corrected chi connectivity index (χ4v) is 2.31. The first kappa shape index (κ1) is 17.9. The first-order chi connectivity index (χ1) is 11.5.